The number of hydrogen-bond donors (Lipinski definition) is 2. The van der Waals surface area contributed by atoms with Crippen molar-refractivity contribution in [3.8, 4) is 16.9 Å². The molecule has 2 aromatic carbocycles. The topological polar surface area (TPSA) is 118 Å². The molecule has 31 heavy (non-hydrogen) atoms. The van der Waals surface area contributed by atoms with Crippen LogP contribution in [0, 0.1) is 17.6 Å². The van der Waals surface area contributed by atoms with Crippen molar-refractivity contribution in [1.29, 1.82) is 0 Å². The minimum Gasteiger partial charge on any atom is -0.507 e. The lowest BCUT2D eigenvalue weighted by atomic mass is 9.97. The molecule has 8 nitrogen and oxygen atoms in total. The Morgan fingerprint density at radius 3 is 2.58 bits per heavy atom. The van der Waals surface area contributed by atoms with E-state index in [1.807, 2.05) is 0 Å². The van der Waals surface area contributed by atoms with Gasteiger partial charge in [-0.3, -0.25) is 0 Å². The number of nitrogens with one attached hydrogen (secondary N) is 1. The normalized spacial score (nSPS) is 15.5. The van der Waals surface area contributed by atoms with Crippen LogP contribution in [-0.4, -0.2) is 51.1 Å². The van der Waals surface area contributed by atoms with Crippen molar-refractivity contribution in [2.24, 2.45) is 11.0 Å². The summed E-state index contributed by atoms with van der Waals surface area (Å²) < 4.78 is 56.0. The van der Waals surface area contributed by atoms with Gasteiger partial charge in [0.25, 0.3) is 0 Å². The Hall–Kier alpha value is -2.72. The molecule has 1 saturated heterocycles. The zero-order valence-corrected chi connectivity index (χ0v) is 17.5. The van der Waals surface area contributed by atoms with E-state index in [1.54, 1.807) is 0 Å². The molecule has 0 unspecified atom stereocenters. The third kappa shape index (κ3) is 5.71. The van der Waals surface area contributed by atoms with E-state index in [9.17, 15) is 22.3 Å². The first kappa shape index (κ1) is 23.0. The quantitative estimate of drug-likeness (QED) is 0.362. The van der Waals surface area contributed by atoms with E-state index >= 15 is 0 Å². The SMILES string of the molecule is [N-]=[N+]=NCC1CCN(CCNS(=O)(=O)c2ccc(-c3c(O)cccc3F)c(F)c2)CC1. The van der Waals surface area contributed by atoms with E-state index in [2.05, 4.69) is 19.6 Å². The number of azide groups is 1. The average molecular weight is 451 g/mol. The van der Waals surface area contributed by atoms with Crippen LogP contribution in [0.5, 0.6) is 5.75 Å². The van der Waals surface area contributed by atoms with Gasteiger partial charge in [-0.2, -0.15) is 0 Å². The summed E-state index contributed by atoms with van der Waals surface area (Å²) >= 11 is 0. The highest BCUT2D eigenvalue weighted by molar-refractivity contribution is 7.89. The zero-order chi connectivity index (χ0) is 22.4. The smallest absolute Gasteiger partial charge is 0.240 e. The van der Waals surface area contributed by atoms with Crippen LogP contribution < -0.4 is 4.72 Å². The number of aromatic hydroxyl groups is 1. The van der Waals surface area contributed by atoms with Crippen LogP contribution in [0.2, 0.25) is 0 Å². The number of sulfonamides is 1. The fraction of sp³-hybridized carbons (Fsp3) is 0.400. The van der Waals surface area contributed by atoms with E-state index in [0.29, 0.717) is 19.0 Å². The number of hydrogen-bond acceptors (Lipinski definition) is 5. The molecule has 1 aliphatic heterocycles. The van der Waals surface area contributed by atoms with Crippen LogP contribution in [0.15, 0.2) is 46.4 Å². The van der Waals surface area contributed by atoms with Crippen molar-refractivity contribution < 1.29 is 22.3 Å². The summed E-state index contributed by atoms with van der Waals surface area (Å²) in [5, 5.41) is 13.4. The molecule has 0 saturated carbocycles. The fourth-order valence-corrected chi connectivity index (χ4v) is 4.64. The predicted octanol–water partition coefficient (Wildman–Crippen LogP) is 3.64. The van der Waals surface area contributed by atoms with Gasteiger partial charge in [0.05, 0.1) is 10.5 Å². The van der Waals surface area contributed by atoms with E-state index in [0.717, 1.165) is 44.1 Å². The molecule has 166 valence electrons. The molecule has 0 spiro atoms. The van der Waals surface area contributed by atoms with Crippen molar-refractivity contribution in [3.05, 3.63) is 58.5 Å². The van der Waals surface area contributed by atoms with Crippen molar-refractivity contribution >= 4 is 10.0 Å². The summed E-state index contributed by atoms with van der Waals surface area (Å²) in [5.41, 5.74) is 7.84. The monoisotopic (exact) mass is 451 g/mol. The number of piperidine rings is 1. The van der Waals surface area contributed by atoms with Gasteiger partial charge < -0.3 is 10.0 Å². The maximum Gasteiger partial charge on any atom is 0.240 e. The average Bonchev–Trinajstić information content (AvgIpc) is 2.74. The molecule has 1 aliphatic rings. The molecule has 11 heteroatoms. The molecule has 0 atom stereocenters. The third-order valence-electron chi connectivity index (χ3n) is 5.34. The summed E-state index contributed by atoms with van der Waals surface area (Å²) in [6, 6.07) is 6.72. The van der Waals surface area contributed by atoms with Gasteiger partial charge in [0.2, 0.25) is 10.0 Å². The lowest BCUT2D eigenvalue weighted by Crippen LogP contribution is -2.40. The van der Waals surface area contributed by atoms with Crippen molar-refractivity contribution in [2.45, 2.75) is 17.7 Å². The van der Waals surface area contributed by atoms with Crippen LogP contribution in [0.3, 0.4) is 0 Å². The Morgan fingerprint density at radius 1 is 1.19 bits per heavy atom. The first-order chi connectivity index (χ1) is 14.8. The van der Waals surface area contributed by atoms with E-state index < -0.39 is 27.4 Å². The van der Waals surface area contributed by atoms with Gasteiger partial charge >= 0.3 is 0 Å². The second-order valence-corrected chi connectivity index (χ2v) is 9.14. The second-order valence-electron chi connectivity index (χ2n) is 7.37. The Labute approximate surface area is 179 Å². The minimum atomic E-state index is -3.95. The number of likely N-dealkylation sites (tertiary alicyclic amines) is 1. The molecule has 0 aromatic heterocycles. The maximum absolute atomic E-state index is 14.6. The van der Waals surface area contributed by atoms with Gasteiger partial charge in [-0.25, -0.2) is 21.9 Å². The van der Waals surface area contributed by atoms with E-state index in [-0.39, 0.29) is 22.6 Å². The fourth-order valence-electron chi connectivity index (χ4n) is 3.61. The summed E-state index contributed by atoms with van der Waals surface area (Å²) in [4.78, 5) is 4.60. The van der Waals surface area contributed by atoms with Crippen molar-refractivity contribution in [3.63, 3.8) is 0 Å². The predicted molar refractivity (Wildman–Crippen MR) is 112 cm³/mol. The lowest BCUT2D eigenvalue weighted by molar-refractivity contribution is 0.190. The molecule has 0 radical (unpaired) electrons. The Bertz CT molecular complexity index is 1060. The minimum absolute atomic E-state index is 0.154. The molecule has 2 aromatic rings. The first-order valence-corrected chi connectivity index (χ1v) is 11.3. The number of rotatable bonds is 8. The number of benzene rings is 2. The highest BCUT2D eigenvalue weighted by Crippen LogP contribution is 2.34. The van der Waals surface area contributed by atoms with E-state index in [1.165, 1.54) is 18.2 Å². The molecule has 0 aliphatic carbocycles. The summed E-state index contributed by atoms with van der Waals surface area (Å²) in [6.45, 7) is 2.69. The molecular weight excluding hydrogens is 428 g/mol. The number of phenols is 1. The molecule has 2 N–H and O–H groups in total. The van der Waals surface area contributed by atoms with Crippen LogP contribution >= 0.6 is 0 Å². The van der Waals surface area contributed by atoms with Crippen molar-refractivity contribution in [1.82, 2.24) is 9.62 Å². The van der Waals surface area contributed by atoms with Gasteiger partial charge in [0, 0.05) is 30.1 Å². The van der Waals surface area contributed by atoms with Crippen LogP contribution in [0.1, 0.15) is 12.8 Å². The Morgan fingerprint density at radius 2 is 1.94 bits per heavy atom. The van der Waals surface area contributed by atoms with Gasteiger partial charge in [0.15, 0.2) is 0 Å². The van der Waals surface area contributed by atoms with Gasteiger partial charge in [-0.05, 0) is 67.7 Å². The van der Waals surface area contributed by atoms with Crippen LogP contribution in [0.25, 0.3) is 21.6 Å². The number of phenolic OH excluding ortho intramolecular Hbond substituents is 1. The molecule has 1 fully saturated rings. The molecule has 3 rings (SSSR count). The van der Waals surface area contributed by atoms with Gasteiger partial charge in [0.1, 0.15) is 17.4 Å². The highest BCUT2D eigenvalue weighted by atomic mass is 32.2. The maximum atomic E-state index is 14.6. The molecule has 1 heterocycles. The second kappa shape index (κ2) is 10.1. The van der Waals surface area contributed by atoms with Crippen LogP contribution in [-0.2, 0) is 10.0 Å². The highest BCUT2D eigenvalue weighted by Gasteiger charge is 2.21. The third-order valence-corrected chi connectivity index (χ3v) is 6.80. The summed E-state index contributed by atoms with van der Waals surface area (Å²) in [5.74, 6) is -1.85. The summed E-state index contributed by atoms with van der Waals surface area (Å²) in [6.07, 6.45) is 1.75. The zero-order valence-electron chi connectivity index (χ0n) is 16.7. The van der Waals surface area contributed by atoms with Crippen molar-refractivity contribution in [2.75, 3.05) is 32.7 Å². The summed E-state index contributed by atoms with van der Waals surface area (Å²) in [7, 11) is -3.95. The number of halogens is 2. The largest absolute Gasteiger partial charge is 0.507 e. The lowest BCUT2D eigenvalue weighted by Gasteiger charge is -2.31. The number of nitrogens with zero attached hydrogens (tertiary/aromatic N) is 4. The van der Waals surface area contributed by atoms with Crippen LogP contribution in [0.4, 0.5) is 8.78 Å². The van der Waals surface area contributed by atoms with E-state index in [4.69, 9.17) is 5.53 Å². The van der Waals surface area contributed by atoms with Gasteiger partial charge in [-0.1, -0.05) is 11.2 Å². The first-order valence-electron chi connectivity index (χ1n) is 9.82. The molecule has 0 bridgehead atoms. The molecule has 0 amide bonds. The Balaban J connectivity index is 1.60. The standard InChI is InChI=1S/C20H23F2N5O3S/c21-17-2-1-3-19(28)20(17)16-5-4-15(12-18(16)22)31(29,30)25-8-11-27-9-6-14(7-10-27)13-24-26-23/h1-5,12,14,25,28H,6-11,13H2. The van der Waals surface area contributed by atoms with Gasteiger partial charge in [-0.15, -0.1) is 0 Å². The molecular formula is C20H23F2N5O3S. The Kier molecular flexibility index (Phi) is 7.45.